The molecular weight excluding hydrogens is 239 g/mol. The predicted octanol–water partition coefficient (Wildman–Crippen LogP) is 2.17. The van der Waals surface area contributed by atoms with E-state index in [2.05, 4.69) is 5.32 Å². The van der Waals surface area contributed by atoms with Crippen molar-refractivity contribution in [2.75, 3.05) is 5.73 Å². The molecule has 0 radical (unpaired) electrons. The van der Waals surface area contributed by atoms with E-state index in [4.69, 9.17) is 5.73 Å². The van der Waals surface area contributed by atoms with Crippen molar-refractivity contribution in [1.82, 2.24) is 5.32 Å². The number of nitrogens with two attached hydrogens (primary N) is 1. The van der Waals surface area contributed by atoms with E-state index in [1.54, 1.807) is 6.07 Å². The van der Waals surface area contributed by atoms with Gasteiger partial charge < -0.3 is 11.1 Å². The molecule has 0 heterocycles. The van der Waals surface area contributed by atoms with Gasteiger partial charge in [-0.05, 0) is 38.0 Å². The largest absolute Gasteiger partial charge is 0.398 e. The SMILES string of the molecule is CC(Sc1ccc(F)cc1N)C(=O)NC1CC1. The highest BCUT2D eigenvalue weighted by Crippen LogP contribution is 2.30. The molecule has 0 saturated heterocycles. The van der Waals surface area contributed by atoms with E-state index in [9.17, 15) is 9.18 Å². The van der Waals surface area contributed by atoms with Crippen LogP contribution in [0.15, 0.2) is 23.1 Å². The van der Waals surface area contributed by atoms with Crippen LogP contribution in [0.2, 0.25) is 0 Å². The zero-order chi connectivity index (χ0) is 12.4. The lowest BCUT2D eigenvalue weighted by molar-refractivity contribution is -0.120. The Labute approximate surface area is 104 Å². The van der Waals surface area contributed by atoms with Gasteiger partial charge in [0.05, 0.1) is 5.25 Å². The molecule has 1 aromatic carbocycles. The van der Waals surface area contributed by atoms with Crippen molar-refractivity contribution < 1.29 is 9.18 Å². The van der Waals surface area contributed by atoms with Crippen LogP contribution in [-0.2, 0) is 4.79 Å². The molecule has 17 heavy (non-hydrogen) atoms. The molecule has 0 aromatic heterocycles. The molecule has 1 fully saturated rings. The Morgan fingerprint density at radius 2 is 2.29 bits per heavy atom. The molecule has 1 saturated carbocycles. The molecule has 0 spiro atoms. The number of nitrogen functional groups attached to an aromatic ring is 1. The van der Waals surface area contributed by atoms with Gasteiger partial charge in [0.25, 0.3) is 0 Å². The smallest absolute Gasteiger partial charge is 0.233 e. The number of carbonyl (C=O) groups excluding carboxylic acids is 1. The number of benzene rings is 1. The second-order valence-corrected chi connectivity index (χ2v) is 5.61. The lowest BCUT2D eigenvalue weighted by atomic mass is 10.3. The number of amides is 1. The van der Waals surface area contributed by atoms with Crippen LogP contribution in [0.5, 0.6) is 0 Å². The number of carbonyl (C=O) groups is 1. The average molecular weight is 254 g/mol. The van der Waals surface area contributed by atoms with Gasteiger partial charge in [-0.25, -0.2) is 4.39 Å². The van der Waals surface area contributed by atoms with Crippen LogP contribution in [0.1, 0.15) is 19.8 Å². The number of anilines is 1. The summed E-state index contributed by atoms with van der Waals surface area (Å²) in [6.07, 6.45) is 2.14. The molecule has 1 unspecified atom stereocenters. The van der Waals surface area contributed by atoms with Crippen molar-refractivity contribution in [2.24, 2.45) is 0 Å². The normalized spacial score (nSPS) is 16.6. The molecule has 3 nitrogen and oxygen atoms in total. The van der Waals surface area contributed by atoms with Gasteiger partial charge in [-0.1, -0.05) is 0 Å². The van der Waals surface area contributed by atoms with Crippen molar-refractivity contribution in [3.8, 4) is 0 Å². The minimum absolute atomic E-state index is 0.0150. The summed E-state index contributed by atoms with van der Waals surface area (Å²) in [5, 5.41) is 2.71. The Hall–Kier alpha value is -1.23. The first-order chi connectivity index (χ1) is 8.06. The van der Waals surface area contributed by atoms with E-state index in [1.165, 1.54) is 23.9 Å². The lowest BCUT2D eigenvalue weighted by Crippen LogP contribution is -2.32. The molecule has 1 aromatic rings. The first kappa shape index (κ1) is 12.2. The highest BCUT2D eigenvalue weighted by Gasteiger charge is 2.26. The van der Waals surface area contributed by atoms with Gasteiger partial charge in [0.1, 0.15) is 5.82 Å². The van der Waals surface area contributed by atoms with Crippen molar-refractivity contribution in [3.05, 3.63) is 24.0 Å². The molecule has 2 rings (SSSR count). The summed E-state index contributed by atoms with van der Waals surface area (Å²) >= 11 is 1.35. The van der Waals surface area contributed by atoms with Crippen LogP contribution in [0.25, 0.3) is 0 Å². The maximum Gasteiger partial charge on any atom is 0.233 e. The summed E-state index contributed by atoms with van der Waals surface area (Å²) in [7, 11) is 0. The Kier molecular flexibility index (Phi) is 3.57. The molecule has 92 valence electrons. The van der Waals surface area contributed by atoms with Gasteiger partial charge in [-0.15, -0.1) is 11.8 Å². The second kappa shape index (κ2) is 4.96. The Bertz CT molecular complexity index is 435. The van der Waals surface area contributed by atoms with E-state index in [1.807, 2.05) is 6.92 Å². The van der Waals surface area contributed by atoms with Crippen LogP contribution in [0.3, 0.4) is 0 Å². The number of nitrogens with one attached hydrogen (secondary N) is 1. The minimum atomic E-state index is -0.359. The van der Waals surface area contributed by atoms with Gasteiger partial charge in [0.15, 0.2) is 0 Å². The molecular formula is C12H15FN2OS. The van der Waals surface area contributed by atoms with E-state index in [-0.39, 0.29) is 17.0 Å². The summed E-state index contributed by atoms with van der Waals surface area (Å²) < 4.78 is 12.9. The van der Waals surface area contributed by atoms with E-state index in [0.29, 0.717) is 11.7 Å². The van der Waals surface area contributed by atoms with Crippen LogP contribution in [0.4, 0.5) is 10.1 Å². The monoisotopic (exact) mass is 254 g/mol. The molecule has 0 aliphatic heterocycles. The van der Waals surface area contributed by atoms with Crippen molar-refractivity contribution in [2.45, 2.75) is 36.0 Å². The minimum Gasteiger partial charge on any atom is -0.398 e. The summed E-state index contributed by atoms with van der Waals surface area (Å²) in [5.74, 6) is -0.344. The highest BCUT2D eigenvalue weighted by molar-refractivity contribution is 8.00. The fraction of sp³-hybridized carbons (Fsp3) is 0.417. The van der Waals surface area contributed by atoms with Crippen LogP contribution in [-0.4, -0.2) is 17.2 Å². The lowest BCUT2D eigenvalue weighted by Gasteiger charge is -2.12. The summed E-state index contributed by atoms with van der Waals surface area (Å²) in [6, 6.07) is 4.59. The van der Waals surface area contributed by atoms with Crippen molar-refractivity contribution in [1.29, 1.82) is 0 Å². The maximum absolute atomic E-state index is 12.9. The van der Waals surface area contributed by atoms with Gasteiger partial charge in [0.2, 0.25) is 5.91 Å². The van der Waals surface area contributed by atoms with Gasteiger partial charge in [-0.2, -0.15) is 0 Å². The number of hydrogen-bond acceptors (Lipinski definition) is 3. The topological polar surface area (TPSA) is 55.1 Å². The Morgan fingerprint density at radius 3 is 2.88 bits per heavy atom. The number of thioether (sulfide) groups is 1. The van der Waals surface area contributed by atoms with E-state index >= 15 is 0 Å². The number of hydrogen-bond donors (Lipinski definition) is 2. The summed E-state index contributed by atoms with van der Waals surface area (Å²) in [5.41, 5.74) is 6.07. The fourth-order valence-electron chi connectivity index (χ4n) is 1.42. The molecule has 1 atom stereocenters. The predicted molar refractivity (Wildman–Crippen MR) is 67.3 cm³/mol. The van der Waals surface area contributed by atoms with Crippen molar-refractivity contribution >= 4 is 23.4 Å². The quantitative estimate of drug-likeness (QED) is 0.639. The number of rotatable bonds is 4. The van der Waals surface area contributed by atoms with Gasteiger partial charge in [0, 0.05) is 16.6 Å². The molecule has 1 aliphatic rings. The van der Waals surface area contributed by atoms with Gasteiger partial charge in [-0.3, -0.25) is 4.79 Å². The molecule has 3 N–H and O–H groups in total. The van der Waals surface area contributed by atoms with Crippen LogP contribution < -0.4 is 11.1 Å². The highest BCUT2D eigenvalue weighted by atomic mass is 32.2. The first-order valence-corrected chi connectivity index (χ1v) is 6.46. The second-order valence-electron chi connectivity index (χ2n) is 4.23. The Balaban J connectivity index is 1.96. The van der Waals surface area contributed by atoms with Crippen LogP contribution >= 0.6 is 11.8 Å². The zero-order valence-corrected chi connectivity index (χ0v) is 10.4. The van der Waals surface area contributed by atoms with Gasteiger partial charge >= 0.3 is 0 Å². The Morgan fingerprint density at radius 1 is 1.59 bits per heavy atom. The molecule has 0 bridgehead atoms. The fourth-order valence-corrected chi connectivity index (χ4v) is 2.31. The summed E-state index contributed by atoms with van der Waals surface area (Å²) in [6.45, 7) is 1.82. The molecule has 1 amide bonds. The summed E-state index contributed by atoms with van der Waals surface area (Å²) in [4.78, 5) is 12.5. The average Bonchev–Trinajstić information content (AvgIpc) is 3.06. The van der Waals surface area contributed by atoms with E-state index < -0.39 is 0 Å². The van der Waals surface area contributed by atoms with Crippen LogP contribution in [0, 0.1) is 5.82 Å². The van der Waals surface area contributed by atoms with Crippen molar-refractivity contribution in [3.63, 3.8) is 0 Å². The molecule has 1 aliphatic carbocycles. The zero-order valence-electron chi connectivity index (χ0n) is 9.57. The molecule has 5 heteroatoms. The maximum atomic E-state index is 12.9. The standard InChI is InChI=1S/C12H15FN2OS/c1-7(12(16)15-9-3-4-9)17-11-5-2-8(13)6-10(11)14/h2,5-7,9H,3-4,14H2,1H3,(H,15,16). The third-order valence-electron chi connectivity index (χ3n) is 2.57. The third-order valence-corrected chi connectivity index (χ3v) is 3.76. The van der Waals surface area contributed by atoms with E-state index in [0.717, 1.165) is 17.7 Å². The number of halogens is 1. The third kappa shape index (κ3) is 3.36. The first-order valence-electron chi connectivity index (χ1n) is 5.58.